The molecule has 1 aliphatic rings. The fourth-order valence-corrected chi connectivity index (χ4v) is 4.17. The van der Waals surface area contributed by atoms with Crippen LogP contribution in [0.4, 0.5) is 10.3 Å². The molecule has 3 heterocycles. The van der Waals surface area contributed by atoms with Crippen molar-refractivity contribution < 1.29 is 9.18 Å². The van der Waals surface area contributed by atoms with Gasteiger partial charge in [-0.2, -0.15) is 0 Å². The highest BCUT2D eigenvalue weighted by atomic mass is 19.1. The van der Waals surface area contributed by atoms with Crippen molar-refractivity contribution in [1.82, 2.24) is 19.4 Å². The molecule has 1 aliphatic heterocycles. The van der Waals surface area contributed by atoms with E-state index < -0.39 is 0 Å². The van der Waals surface area contributed by atoms with E-state index in [1.54, 1.807) is 12.4 Å². The Labute approximate surface area is 182 Å². The van der Waals surface area contributed by atoms with E-state index >= 15 is 0 Å². The number of nitrogens with zero attached hydrogens (tertiary/aromatic N) is 5. The average molecular weight is 422 g/mol. The van der Waals surface area contributed by atoms with Crippen LogP contribution in [0.5, 0.6) is 0 Å². The molecule has 4 rings (SSSR count). The number of carbonyl (C=O) groups excluding carboxylic acids is 1. The fraction of sp³-hybridized carbons (Fsp3) is 0.375. The Morgan fingerprint density at radius 3 is 2.39 bits per heavy atom. The first-order chi connectivity index (χ1) is 15.0. The van der Waals surface area contributed by atoms with Crippen LogP contribution in [0.1, 0.15) is 27.3 Å². The second-order valence-electron chi connectivity index (χ2n) is 8.05. The molecule has 0 spiro atoms. The van der Waals surface area contributed by atoms with Gasteiger partial charge in [-0.05, 0) is 50.1 Å². The minimum absolute atomic E-state index is 0.158. The van der Waals surface area contributed by atoms with Crippen molar-refractivity contribution in [2.75, 3.05) is 37.6 Å². The number of carbonyl (C=O) groups is 1. The van der Waals surface area contributed by atoms with Crippen molar-refractivity contribution >= 4 is 11.7 Å². The smallest absolute Gasteiger partial charge is 0.225 e. The fourth-order valence-electron chi connectivity index (χ4n) is 4.17. The SMILES string of the molecule is Cc1cc(C(=O)CN2CCN(c3ncccn3)CC2)c(C)n1CCc1ccc(F)cc1. The molecule has 162 valence electrons. The normalized spacial score (nSPS) is 14.7. The van der Waals surface area contributed by atoms with Crippen LogP contribution >= 0.6 is 0 Å². The summed E-state index contributed by atoms with van der Waals surface area (Å²) in [5.74, 6) is 0.686. The van der Waals surface area contributed by atoms with E-state index in [9.17, 15) is 9.18 Å². The van der Waals surface area contributed by atoms with E-state index in [1.165, 1.54) is 12.1 Å². The number of hydrogen-bond donors (Lipinski definition) is 0. The van der Waals surface area contributed by atoms with Gasteiger partial charge >= 0.3 is 0 Å². The first-order valence-electron chi connectivity index (χ1n) is 10.7. The van der Waals surface area contributed by atoms with Crippen molar-refractivity contribution in [1.29, 1.82) is 0 Å². The summed E-state index contributed by atoms with van der Waals surface area (Å²) in [5, 5.41) is 0. The number of rotatable bonds is 7. The minimum Gasteiger partial charge on any atom is -0.348 e. The van der Waals surface area contributed by atoms with Crippen molar-refractivity contribution in [3.05, 3.63) is 77.1 Å². The van der Waals surface area contributed by atoms with Crippen molar-refractivity contribution in [2.24, 2.45) is 0 Å². The molecule has 31 heavy (non-hydrogen) atoms. The van der Waals surface area contributed by atoms with Crippen LogP contribution in [-0.4, -0.2) is 57.9 Å². The Bertz CT molecular complexity index is 1020. The van der Waals surface area contributed by atoms with Gasteiger partial charge in [0.25, 0.3) is 0 Å². The predicted molar refractivity (Wildman–Crippen MR) is 119 cm³/mol. The predicted octanol–water partition coefficient (Wildman–Crippen LogP) is 3.28. The van der Waals surface area contributed by atoms with Gasteiger partial charge in [-0.3, -0.25) is 9.69 Å². The minimum atomic E-state index is -0.220. The molecule has 3 aromatic rings. The highest BCUT2D eigenvalue weighted by Gasteiger charge is 2.23. The lowest BCUT2D eigenvalue weighted by molar-refractivity contribution is 0.0925. The van der Waals surface area contributed by atoms with Gasteiger partial charge in [0.05, 0.1) is 6.54 Å². The van der Waals surface area contributed by atoms with Crippen LogP contribution in [0, 0.1) is 19.7 Å². The quantitative estimate of drug-likeness (QED) is 0.548. The van der Waals surface area contributed by atoms with Crippen molar-refractivity contribution in [3.8, 4) is 0 Å². The lowest BCUT2D eigenvalue weighted by Crippen LogP contribution is -2.48. The van der Waals surface area contributed by atoms with Crippen LogP contribution < -0.4 is 4.90 Å². The maximum Gasteiger partial charge on any atom is 0.225 e. The summed E-state index contributed by atoms with van der Waals surface area (Å²) in [6.07, 6.45) is 4.31. The third-order valence-electron chi connectivity index (χ3n) is 5.99. The Hall–Kier alpha value is -3.06. The van der Waals surface area contributed by atoms with E-state index in [4.69, 9.17) is 0 Å². The van der Waals surface area contributed by atoms with Gasteiger partial charge in [0.15, 0.2) is 5.78 Å². The first kappa shape index (κ1) is 21.2. The Morgan fingerprint density at radius 2 is 1.71 bits per heavy atom. The standard InChI is InChI=1S/C24H28FN5O/c1-18-16-22(19(2)30(18)11-8-20-4-6-21(25)7-5-20)23(31)17-28-12-14-29(15-13-28)24-26-9-3-10-27-24/h3-7,9-10,16H,8,11-15,17H2,1-2H3. The molecule has 0 unspecified atom stereocenters. The molecular weight excluding hydrogens is 393 g/mol. The molecule has 2 aromatic heterocycles. The Kier molecular flexibility index (Phi) is 6.42. The molecular formula is C24H28FN5O. The van der Waals surface area contributed by atoms with E-state index in [0.717, 1.165) is 67.6 Å². The van der Waals surface area contributed by atoms with Crippen molar-refractivity contribution in [2.45, 2.75) is 26.8 Å². The van der Waals surface area contributed by atoms with Crippen LogP contribution in [0.3, 0.4) is 0 Å². The van der Waals surface area contributed by atoms with Gasteiger partial charge in [0.1, 0.15) is 5.82 Å². The maximum absolute atomic E-state index is 13.1. The summed E-state index contributed by atoms with van der Waals surface area (Å²) < 4.78 is 15.3. The molecule has 1 saturated heterocycles. The Morgan fingerprint density at radius 1 is 1.03 bits per heavy atom. The topological polar surface area (TPSA) is 54.3 Å². The third-order valence-corrected chi connectivity index (χ3v) is 5.99. The number of halogens is 1. The molecule has 0 atom stereocenters. The zero-order valence-electron chi connectivity index (χ0n) is 18.1. The lowest BCUT2D eigenvalue weighted by Gasteiger charge is -2.34. The van der Waals surface area contributed by atoms with Crippen LogP contribution in [0.25, 0.3) is 0 Å². The number of hydrogen-bond acceptors (Lipinski definition) is 5. The van der Waals surface area contributed by atoms with Gasteiger partial charge < -0.3 is 9.47 Å². The highest BCUT2D eigenvalue weighted by molar-refractivity contribution is 5.99. The number of benzene rings is 1. The van der Waals surface area contributed by atoms with E-state index in [0.29, 0.717) is 6.54 Å². The molecule has 1 fully saturated rings. The number of aryl methyl sites for hydroxylation is 2. The summed E-state index contributed by atoms with van der Waals surface area (Å²) in [6.45, 7) is 8.49. The molecule has 0 amide bonds. The number of aromatic nitrogens is 3. The van der Waals surface area contributed by atoms with Gasteiger partial charge in [-0.1, -0.05) is 12.1 Å². The second-order valence-corrected chi connectivity index (χ2v) is 8.05. The van der Waals surface area contributed by atoms with E-state index in [1.807, 2.05) is 38.1 Å². The zero-order chi connectivity index (χ0) is 21.8. The second kappa shape index (κ2) is 9.39. The molecule has 0 aliphatic carbocycles. The summed E-state index contributed by atoms with van der Waals surface area (Å²) in [6, 6.07) is 10.4. The van der Waals surface area contributed by atoms with E-state index in [-0.39, 0.29) is 11.6 Å². The van der Waals surface area contributed by atoms with Gasteiger partial charge in [-0.25, -0.2) is 14.4 Å². The molecule has 0 saturated carbocycles. The molecule has 0 bridgehead atoms. The number of Topliss-reactive ketones (excluding diaryl/α,β-unsaturated/α-hetero) is 1. The summed E-state index contributed by atoms with van der Waals surface area (Å²) in [4.78, 5) is 26.0. The monoisotopic (exact) mass is 421 g/mol. The largest absolute Gasteiger partial charge is 0.348 e. The average Bonchev–Trinajstić information content (AvgIpc) is 3.08. The third kappa shape index (κ3) is 4.99. The summed E-state index contributed by atoms with van der Waals surface area (Å²) in [5.41, 5.74) is 3.96. The Balaban J connectivity index is 1.35. The highest BCUT2D eigenvalue weighted by Crippen LogP contribution is 2.18. The van der Waals surface area contributed by atoms with Gasteiger partial charge in [0.2, 0.25) is 5.95 Å². The van der Waals surface area contributed by atoms with Crippen LogP contribution in [0.15, 0.2) is 48.8 Å². The molecule has 0 radical (unpaired) electrons. The van der Waals surface area contributed by atoms with Gasteiger partial charge in [0, 0.05) is 62.1 Å². The summed E-state index contributed by atoms with van der Waals surface area (Å²) in [7, 11) is 0. The zero-order valence-corrected chi connectivity index (χ0v) is 18.1. The molecule has 6 nitrogen and oxygen atoms in total. The van der Waals surface area contributed by atoms with E-state index in [2.05, 4.69) is 24.3 Å². The first-order valence-corrected chi connectivity index (χ1v) is 10.7. The molecule has 1 aromatic carbocycles. The van der Waals surface area contributed by atoms with Crippen LogP contribution in [0.2, 0.25) is 0 Å². The van der Waals surface area contributed by atoms with Crippen LogP contribution in [-0.2, 0) is 13.0 Å². The number of anilines is 1. The van der Waals surface area contributed by atoms with Crippen molar-refractivity contribution in [3.63, 3.8) is 0 Å². The van der Waals surface area contributed by atoms with Gasteiger partial charge in [-0.15, -0.1) is 0 Å². The number of piperazine rings is 1. The number of ketones is 1. The lowest BCUT2D eigenvalue weighted by atomic mass is 10.1. The summed E-state index contributed by atoms with van der Waals surface area (Å²) >= 11 is 0. The maximum atomic E-state index is 13.1. The molecule has 7 heteroatoms. The molecule has 0 N–H and O–H groups in total.